The molecule has 134 valence electrons. The molecule has 26 heavy (non-hydrogen) atoms. The van der Waals surface area contributed by atoms with E-state index in [4.69, 9.17) is 12.2 Å². The summed E-state index contributed by atoms with van der Waals surface area (Å²) in [7, 11) is 0. The highest BCUT2D eigenvalue weighted by molar-refractivity contribution is 8.26. The van der Waals surface area contributed by atoms with Crippen molar-refractivity contribution in [1.82, 2.24) is 4.90 Å². The number of ether oxygens (including phenoxy) is 1. The Morgan fingerprint density at radius 2 is 1.81 bits per heavy atom. The topological polar surface area (TPSA) is 29.5 Å². The van der Waals surface area contributed by atoms with Crippen LogP contribution in [0.5, 0.6) is 5.75 Å². The van der Waals surface area contributed by atoms with Crippen LogP contribution in [-0.4, -0.2) is 28.3 Å². The highest BCUT2D eigenvalue weighted by Gasteiger charge is 2.31. The number of carbonyl (C=O) groups excluding carboxylic acids is 1. The fourth-order valence-corrected chi connectivity index (χ4v) is 3.78. The van der Waals surface area contributed by atoms with E-state index in [9.17, 15) is 13.6 Å². The molecule has 1 saturated heterocycles. The van der Waals surface area contributed by atoms with Crippen molar-refractivity contribution in [3.63, 3.8) is 0 Å². The molecule has 3 rings (SSSR count). The Bertz CT molecular complexity index is 823. The van der Waals surface area contributed by atoms with Gasteiger partial charge in [-0.15, -0.1) is 0 Å². The number of thiocarbonyl (C=S) groups is 1. The van der Waals surface area contributed by atoms with Gasteiger partial charge in [-0.05, 0) is 35.8 Å². The molecule has 0 spiro atoms. The lowest BCUT2D eigenvalue weighted by Crippen LogP contribution is -2.30. The Balaban J connectivity index is 1.66. The van der Waals surface area contributed by atoms with E-state index in [1.54, 1.807) is 23.1 Å². The minimum atomic E-state index is -2.86. The molecular formula is C19H15F2NO2S2. The first kappa shape index (κ1) is 18.5. The molecule has 0 N–H and O–H groups in total. The number of amides is 1. The summed E-state index contributed by atoms with van der Waals surface area (Å²) in [5, 5.41) is 0. The van der Waals surface area contributed by atoms with Gasteiger partial charge in [0, 0.05) is 6.54 Å². The van der Waals surface area contributed by atoms with Crippen molar-refractivity contribution < 1.29 is 18.3 Å². The number of hydrogen-bond donors (Lipinski definition) is 0. The maximum Gasteiger partial charge on any atom is 0.387 e. The Labute approximate surface area is 159 Å². The third kappa shape index (κ3) is 4.68. The van der Waals surface area contributed by atoms with Gasteiger partial charge in [0.05, 0.1) is 4.91 Å². The Morgan fingerprint density at radius 3 is 2.46 bits per heavy atom. The summed E-state index contributed by atoms with van der Waals surface area (Å²) < 4.78 is 29.2. The second-order valence-electron chi connectivity index (χ2n) is 5.52. The van der Waals surface area contributed by atoms with Crippen LogP contribution >= 0.6 is 24.0 Å². The van der Waals surface area contributed by atoms with Crippen LogP contribution in [0, 0.1) is 0 Å². The van der Waals surface area contributed by atoms with Crippen LogP contribution in [0.3, 0.4) is 0 Å². The standard InChI is InChI=1S/C19H15F2NO2S2/c20-18(21)24-15-8-6-14(7-9-15)12-16-17(23)22(19(25)26-16)11-10-13-4-2-1-3-5-13/h1-9,12,18H,10-11H2/b16-12+. The molecule has 0 bridgehead atoms. The molecule has 0 radical (unpaired) electrons. The summed E-state index contributed by atoms with van der Waals surface area (Å²) in [6.07, 6.45) is 2.42. The third-order valence-corrected chi connectivity index (χ3v) is 5.12. The average molecular weight is 391 g/mol. The molecular weight excluding hydrogens is 376 g/mol. The Hall–Kier alpha value is -2.25. The van der Waals surface area contributed by atoms with Crippen molar-refractivity contribution in [1.29, 1.82) is 0 Å². The normalized spacial score (nSPS) is 16.0. The largest absolute Gasteiger partial charge is 0.435 e. The Kier molecular flexibility index (Phi) is 6.00. The zero-order valence-electron chi connectivity index (χ0n) is 13.6. The van der Waals surface area contributed by atoms with Gasteiger partial charge < -0.3 is 4.74 Å². The first-order valence-corrected chi connectivity index (χ1v) is 9.09. The van der Waals surface area contributed by atoms with E-state index in [0.29, 0.717) is 15.8 Å². The smallest absolute Gasteiger partial charge is 0.387 e. The third-order valence-electron chi connectivity index (χ3n) is 3.74. The van der Waals surface area contributed by atoms with Gasteiger partial charge in [0.2, 0.25) is 0 Å². The molecule has 0 atom stereocenters. The van der Waals surface area contributed by atoms with Gasteiger partial charge in [0.1, 0.15) is 10.1 Å². The second-order valence-corrected chi connectivity index (χ2v) is 7.19. The maximum atomic E-state index is 12.6. The lowest BCUT2D eigenvalue weighted by Gasteiger charge is -2.14. The molecule has 0 aliphatic carbocycles. The van der Waals surface area contributed by atoms with Gasteiger partial charge in [0.25, 0.3) is 5.91 Å². The molecule has 3 nitrogen and oxygen atoms in total. The SMILES string of the molecule is O=C1/C(=C\c2ccc(OC(F)F)cc2)SC(=S)N1CCc1ccccc1. The molecule has 1 aliphatic heterocycles. The molecule has 2 aromatic carbocycles. The number of hydrogen-bond acceptors (Lipinski definition) is 4. The maximum absolute atomic E-state index is 12.6. The highest BCUT2D eigenvalue weighted by Crippen LogP contribution is 2.32. The van der Waals surface area contributed by atoms with E-state index in [2.05, 4.69) is 4.74 Å². The quantitative estimate of drug-likeness (QED) is 0.526. The minimum Gasteiger partial charge on any atom is -0.435 e. The number of halogens is 2. The van der Waals surface area contributed by atoms with Crippen LogP contribution in [0.15, 0.2) is 59.5 Å². The number of nitrogens with zero attached hydrogens (tertiary/aromatic N) is 1. The van der Waals surface area contributed by atoms with Crippen molar-refractivity contribution in [3.8, 4) is 5.75 Å². The van der Waals surface area contributed by atoms with Gasteiger partial charge >= 0.3 is 6.61 Å². The van der Waals surface area contributed by atoms with Gasteiger partial charge in [-0.3, -0.25) is 9.69 Å². The highest BCUT2D eigenvalue weighted by atomic mass is 32.2. The molecule has 7 heteroatoms. The van der Waals surface area contributed by atoms with Crippen molar-refractivity contribution in [2.45, 2.75) is 13.0 Å². The monoisotopic (exact) mass is 391 g/mol. The molecule has 1 fully saturated rings. The average Bonchev–Trinajstić information content (AvgIpc) is 2.89. The molecule has 1 amide bonds. The van der Waals surface area contributed by atoms with Crippen molar-refractivity contribution >= 4 is 40.3 Å². The number of rotatable bonds is 6. The summed E-state index contributed by atoms with van der Waals surface area (Å²) in [4.78, 5) is 14.7. The van der Waals surface area contributed by atoms with Crippen LogP contribution in [0.25, 0.3) is 6.08 Å². The van der Waals surface area contributed by atoms with E-state index in [-0.39, 0.29) is 11.7 Å². The molecule has 0 unspecified atom stereocenters. The number of alkyl halides is 2. The van der Waals surface area contributed by atoms with Crippen LogP contribution in [-0.2, 0) is 11.2 Å². The minimum absolute atomic E-state index is 0.0764. The first-order chi connectivity index (χ1) is 12.5. The van der Waals surface area contributed by atoms with Crippen LogP contribution in [0.1, 0.15) is 11.1 Å². The zero-order chi connectivity index (χ0) is 18.5. The van der Waals surface area contributed by atoms with Crippen LogP contribution in [0.4, 0.5) is 8.78 Å². The summed E-state index contributed by atoms with van der Waals surface area (Å²) in [6, 6.07) is 16.0. The molecule has 1 heterocycles. The van der Waals surface area contributed by atoms with Gasteiger partial charge in [-0.25, -0.2) is 0 Å². The molecule has 0 saturated carbocycles. The van der Waals surface area contributed by atoms with E-state index < -0.39 is 6.61 Å². The second kappa shape index (κ2) is 8.42. The van der Waals surface area contributed by atoms with E-state index in [0.717, 1.165) is 17.5 Å². The van der Waals surface area contributed by atoms with Crippen molar-refractivity contribution in [2.24, 2.45) is 0 Å². The molecule has 1 aliphatic rings. The lowest BCUT2D eigenvalue weighted by molar-refractivity contribution is -0.122. The number of carbonyl (C=O) groups is 1. The van der Waals surface area contributed by atoms with Gasteiger partial charge in [-0.2, -0.15) is 8.78 Å². The summed E-state index contributed by atoms with van der Waals surface area (Å²) >= 11 is 6.56. The summed E-state index contributed by atoms with van der Waals surface area (Å²) in [5.41, 5.74) is 1.86. The fourth-order valence-electron chi connectivity index (χ4n) is 2.48. The van der Waals surface area contributed by atoms with E-state index in [1.807, 2.05) is 30.3 Å². The first-order valence-electron chi connectivity index (χ1n) is 7.87. The number of benzene rings is 2. The zero-order valence-corrected chi connectivity index (χ0v) is 15.2. The fraction of sp³-hybridized carbons (Fsp3) is 0.158. The summed E-state index contributed by atoms with van der Waals surface area (Å²) in [5.74, 6) is -0.0589. The van der Waals surface area contributed by atoms with E-state index in [1.165, 1.54) is 23.9 Å². The van der Waals surface area contributed by atoms with Crippen LogP contribution < -0.4 is 4.74 Å². The van der Waals surface area contributed by atoms with Crippen LogP contribution in [0.2, 0.25) is 0 Å². The molecule has 2 aromatic rings. The predicted octanol–water partition coefficient (Wildman–Crippen LogP) is 4.73. The Morgan fingerprint density at radius 1 is 1.12 bits per heavy atom. The van der Waals surface area contributed by atoms with Crippen molar-refractivity contribution in [3.05, 3.63) is 70.6 Å². The van der Waals surface area contributed by atoms with Crippen molar-refractivity contribution in [2.75, 3.05) is 6.54 Å². The summed E-state index contributed by atoms with van der Waals surface area (Å²) in [6.45, 7) is -2.34. The van der Waals surface area contributed by atoms with Gasteiger partial charge in [0.15, 0.2) is 0 Å². The number of thioether (sulfide) groups is 1. The lowest BCUT2D eigenvalue weighted by atomic mass is 10.1. The van der Waals surface area contributed by atoms with Gasteiger partial charge in [-0.1, -0.05) is 66.4 Å². The van der Waals surface area contributed by atoms with E-state index >= 15 is 0 Å². The predicted molar refractivity (Wildman–Crippen MR) is 103 cm³/mol. The molecule has 0 aromatic heterocycles.